The van der Waals surface area contributed by atoms with E-state index in [1.807, 2.05) is 0 Å². The van der Waals surface area contributed by atoms with Crippen LogP contribution in [0.2, 0.25) is 0 Å². The topological polar surface area (TPSA) is 65.0 Å². The van der Waals surface area contributed by atoms with Gasteiger partial charge in [-0.2, -0.15) is 52.7 Å². The lowest BCUT2D eigenvalue weighted by molar-refractivity contribution is -0.376. The van der Waals surface area contributed by atoms with Crippen molar-refractivity contribution < 1.29 is 75.9 Å². The maximum absolute atomic E-state index is 13.8. The van der Waals surface area contributed by atoms with E-state index in [4.69, 9.17) is 0 Å². The summed E-state index contributed by atoms with van der Waals surface area (Å²) in [6.07, 6.45) is -26.0. The van der Waals surface area contributed by atoms with Gasteiger partial charge in [-0.1, -0.05) is 36.4 Å². The summed E-state index contributed by atoms with van der Waals surface area (Å²) in [7, 11) is -6.37. The SMILES string of the molecule is O=[P@@]1(Oc2ccccc2C(O)(C(F)(F)F)C(F)(F)F)Oc2ccccc2C(C(F)(F)F)(C(F)(F)F)O1. The van der Waals surface area contributed by atoms with Crippen LogP contribution in [0.4, 0.5) is 52.7 Å². The molecular formula is C18H9F12O5P. The highest BCUT2D eigenvalue weighted by Gasteiger charge is 2.79. The van der Waals surface area contributed by atoms with Crippen LogP contribution >= 0.6 is 7.82 Å². The molecule has 0 spiro atoms. The first-order valence-corrected chi connectivity index (χ1v) is 10.4. The van der Waals surface area contributed by atoms with Crippen molar-refractivity contribution in [3.63, 3.8) is 0 Å². The molecule has 0 fully saturated rings. The van der Waals surface area contributed by atoms with E-state index >= 15 is 0 Å². The first-order chi connectivity index (χ1) is 16.1. The molecule has 0 amide bonds. The molecule has 0 saturated heterocycles. The van der Waals surface area contributed by atoms with Crippen LogP contribution in [0.1, 0.15) is 11.1 Å². The zero-order valence-corrected chi connectivity index (χ0v) is 17.6. The van der Waals surface area contributed by atoms with Gasteiger partial charge in [-0.05, 0) is 12.1 Å². The van der Waals surface area contributed by atoms with Gasteiger partial charge in [0, 0.05) is 11.1 Å². The van der Waals surface area contributed by atoms with Crippen LogP contribution in [0.25, 0.3) is 0 Å². The molecular weight excluding hydrogens is 555 g/mol. The van der Waals surface area contributed by atoms with Crippen LogP contribution < -0.4 is 9.05 Å². The molecule has 1 N–H and O–H groups in total. The molecule has 1 atom stereocenters. The summed E-state index contributed by atoms with van der Waals surface area (Å²) < 4.78 is 188. The molecule has 1 heterocycles. The summed E-state index contributed by atoms with van der Waals surface area (Å²) in [5.41, 5.74) is -15.2. The Morgan fingerprint density at radius 2 is 1.22 bits per heavy atom. The molecule has 1 aliphatic heterocycles. The minimum Gasteiger partial charge on any atom is -0.395 e. The van der Waals surface area contributed by atoms with Crippen molar-refractivity contribution in [1.29, 1.82) is 0 Å². The van der Waals surface area contributed by atoms with E-state index in [9.17, 15) is 62.4 Å². The first-order valence-electron chi connectivity index (χ1n) is 8.99. The fourth-order valence-electron chi connectivity index (χ4n) is 3.23. The van der Waals surface area contributed by atoms with E-state index in [0.29, 0.717) is 24.3 Å². The average molecular weight is 564 g/mol. The zero-order valence-electron chi connectivity index (χ0n) is 16.7. The van der Waals surface area contributed by atoms with Crippen LogP contribution in [0.15, 0.2) is 48.5 Å². The Morgan fingerprint density at radius 3 is 1.72 bits per heavy atom. The van der Waals surface area contributed by atoms with Crippen LogP contribution in [-0.2, 0) is 20.3 Å². The summed E-state index contributed by atoms with van der Waals surface area (Å²) in [4.78, 5) is 0. The van der Waals surface area contributed by atoms with Crippen LogP contribution in [-0.4, -0.2) is 29.8 Å². The van der Waals surface area contributed by atoms with Crippen LogP contribution in [0, 0.1) is 0 Å². The average Bonchev–Trinajstić information content (AvgIpc) is 2.69. The van der Waals surface area contributed by atoms with Gasteiger partial charge >= 0.3 is 32.5 Å². The second-order valence-electron chi connectivity index (χ2n) is 7.10. The lowest BCUT2D eigenvalue weighted by Crippen LogP contribution is -2.57. The van der Waals surface area contributed by atoms with E-state index < -0.39 is 66.4 Å². The largest absolute Gasteiger partial charge is 0.589 e. The number of phosphoric acid groups is 1. The van der Waals surface area contributed by atoms with Gasteiger partial charge in [0.1, 0.15) is 11.5 Å². The number of benzene rings is 2. The van der Waals surface area contributed by atoms with Gasteiger partial charge in [0.25, 0.3) is 11.2 Å². The van der Waals surface area contributed by atoms with Crippen molar-refractivity contribution in [1.82, 2.24) is 0 Å². The van der Waals surface area contributed by atoms with Crippen LogP contribution in [0.3, 0.4) is 0 Å². The van der Waals surface area contributed by atoms with Gasteiger partial charge in [0.05, 0.1) is 0 Å². The number of fused-ring (bicyclic) bond motifs is 1. The number of hydrogen-bond donors (Lipinski definition) is 1. The Labute approximate surface area is 191 Å². The fraction of sp³-hybridized carbons (Fsp3) is 0.333. The molecule has 1 aliphatic rings. The van der Waals surface area contributed by atoms with Crippen molar-refractivity contribution in [2.45, 2.75) is 35.9 Å². The fourth-order valence-corrected chi connectivity index (χ4v) is 4.78. The number of phosphoric ester groups is 1. The van der Waals surface area contributed by atoms with E-state index in [1.54, 1.807) is 0 Å². The normalized spacial score (nSPS) is 20.9. The van der Waals surface area contributed by atoms with E-state index in [-0.39, 0.29) is 18.2 Å². The van der Waals surface area contributed by atoms with Crippen molar-refractivity contribution in [3.8, 4) is 11.5 Å². The Kier molecular flexibility index (Phi) is 6.35. The minimum atomic E-state index is -6.54. The molecule has 0 bridgehead atoms. The molecule has 0 saturated carbocycles. The van der Waals surface area contributed by atoms with E-state index in [1.165, 1.54) is 0 Å². The minimum absolute atomic E-state index is 0.0544. The van der Waals surface area contributed by atoms with Gasteiger partial charge in [-0.15, -0.1) is 0 Å². The van der Waals surface area contributed by atoms with Crippen molar-refractivity contribution in [2.24, 2.45) is 0 Å². The number of alkyl halides is 12. The number of rotatable bonds is 3. The van der Waals surface area contributed by atoms with Gasteiger partial charge in [0.2, 0.25) is 0 Å². The number of halogens is 12. The number of hydrogen-bond acceptors (Lipinski definition) is 5. The highest BCUT2D eigenvalue weighted by Crippen LogP contribution is 2.68. The molecule has 36 heavy (non-hydrogen) atoms. The third-order valence-corrected chi connectivity index (χ3v) is 6.17. The second kappa shape index (κ2) is 8.18. The predicted octanol–water partition coefficient (Wildman–Crippen LogP) is 6.91. The maximum Gasteiger partial charge on any atom is 0.589 e. The Morgan fingerprint density at radius 1 is 0.750 bits per heavy atom. The van der Waals surface area contributed by atoms with Crippen molar-refractivity contribution in [2.75, 3.05) is 0 Å². The molecule has 0 aromatic heterocycles. The highest BCUT2D eigenvalue weighted by atomic mass is 31.2. The molecule has 2 aromatic carbocycles. The Bertz CT molecular complexity index is 1160. The molecule has 3 rings (SSSR count). The summed E-state index contributed by atoms with van der Waals surface area (Å²) in [6, 6.07) is 3.43. The molecule has 0 unspecified atom stereocenters. The van der Waals surface area contributed by atoms with Crippen LogP contribution in [0.5, 0.6) is 11.5 Å². The monoisotopic (exact) mass is 564 g/mol. The Hall–Kier alpha value is -2.65. The summed E-state index contributed by atoms with van der Waals surface area (Å²) >= 11 is 0. The zero-order chi connectivity index (χ0) is 27.6. The third-order valence-electron chi connectivity index (χ3n) is 4.83. The molecule has 0 radical (unpaired) electrons. The summed E-state index contributed by atoms with van der Waals surface area (Å²) in [5.74, 6) is -3.29. The molecule has 5 nitrogen and oxygen atoms in total. The molecule has 2 aromatic rings. The van der Waals surface area contributed by atoms with Gasteiger partial charge in [-0.3, -0.25) is 0 Å². The number of aliphatic hydroxyl groups is 1. The maximum atomic E-state index is 13.8. The molecule has 18 heteroatoms. The predicted molar refractivity (Wildman–Crippen MR) is 92.6 cm³/mol. The summed E-state index contributed by atoms with van der Waals surface area (Å²) in [6.45, 7) is 0. The quantitative estimate of drug-likeness (QED) is 0.324. The van der Waals surface area contributed by atoms with Gasteiger partial charge < -0.3 is 14.2 Å². The third kappa shape index (κ3) is 4.16. The van der Waals surface area contributed by atoms with Crippen molar-refractivity contribution >= 4 is 7.82 Å². The lowest BCUT2D eigenvalue weighted by Gasteiger charge is -2.42. The van der Waals surface area contributed by atoms with E-state index in [0.717, 1.165) is 6.07 Å². The standard InChI is InChI=1S/C18H9F12O5P/c19-15(20,21)13(31,16(22,23)24)9-5-1-3-7-11(9)33-36(32)34-12-8-4-2-6-10(12)14(35-36,17(25,26)27)18(28,29)30/h1-8,31H/t36-/m1/s1. The Balaban J connectivity index is 2.25. The van der Waals surface area contributed by atoms with Gasteiger partial charge in [-0.25, -0.2) is 9.09 Å². The highest BCUT2D eigenvalue weighted by molar-refractivity contribution is 7.49. The number of para-hydroxylation sites is 2. The lowest BCUT2D eigenvalue weighted by atomic mass is 9.91. The summed E-state index contributed by atoms with van der Waals surface area (Å²) in [5, 5.41) is 9.61. The van der Waals surface area contributed by atoms with E-state index in [2.05, 4.69) is 13.6 Å². The molecule has 0 aliphatic carbocycles. The molecule has 200 valence electrons. The van der Waals surface area contributed by atoms with Crippen molar-refractivity contribution in [3.05, 3.63) is 59.7 Å². The second-order valence-corrected chi connectivity index (χ2v) is 8.54. The smallest absolute Gasteiger partial charge is 0.395 e. The van der Waals surface area contributed by atoms with Gasteiger partial charge in [0.15, 0.2) is 0 Å². The first kappa shape index (κ1) is 27.9.